The van der Waals surface area contributed by atoms with Gasteiger partial charge in [-0.2, -0.15) is 4.31 Å². The van der Waals surface area contributed by atoms with Crippen molar-refractivity contribution >= 4 is 43.6 Å². The van der Waals surface area contributed by atoms with Crippen molar-refractivity contribution in [2.45, 2.75) is 10.4 Å². The number of carbonyl (C=O) groups excluding carboxylic acids is 1. The summed E-state index contributed by atoms with van der Waals surface area (Å²) < 4.78 is 27.7. The lowest BCUT2D eigenvalue weighted by Crippen LogP contribution is -2.59. The Hall–Kier alpha value is -0.870. The summed E-state index contributed by atoms with van der Waals surface area (Å²) in [6.07, 6.45) is 0. The number of piperazine rings is 2. The molecule has 2 saturated heterocycles. The molecule has 10 heteroatoms. The van der Waals surface area contributed by atoms with Crippen LogP contribution in [0, 0.1) is 0 Å². The summed E-state index contributed by atoms with van der Waals surface area (Å²) in [4.78, 5) is 16.2. The minimum Gasteiger partial charge on any atom is -0.322 e. The van der Waals surface area contributed by atoms with Crippen molar-refractivity contribution in [3.05, 3.63) is 28.7 Å². The number of alkyl halides is 1. The van der Waals surface area contributed by atoms with Crippen LogP contribution >= 0.6 is 27.5 Å². The zero-order valence-electron chi connectivity index (χ0n) is 13.6. The molecule has 7 nitrogen and oxygen atoms in total. The number of carbonyl (C=O) groups is 1. The van der Waals surface area contributed by atoms with Crippen molar-refractivity contribution in [3.63, 3.8) is 0 Å². The third-order valence-corrected chi connectivity index (χ3v) is 7.29. The summed E-state index contributed by atoms with van der Waals surface area (Å²) >= 11 is 9.63. The molecule has 25 heavy (non-hydrogen) atoms. The number of halogens is 2. The van der Waals surface area contributed by atoms with Crippen molar-refractivity contribution in [1.29, 1.82) is 0 Å². The molecular weight excluding hydrogens is 432 g/mol. The molecule has 0 aliphatic carbocycles. The number of hydrogen-bond acceptors (Lipinski definition) is 4. The van der Waals surface area contributed by atoms with E-state index in [0.717, 1.165) is 17.6 Å². The van der Waals surface area contributed by atoms with E-state index in [0.29, 0.717) is 19.6 Å². The monoisotopic (exact) mass is 450 g/mol. The van der Waals surface area contributed by atoms with Crippen LogP contribution in [0.3, 0.4) is 0 Å². The van der Waals surface area contributed by atoms with Crippen molar-refractivity contribution < 1.29 is 13.2 Å². The summed E-state index contributed by atoms with van der Waals surface area (Å²) in [7, 11) is -3.68. The molecule has 0 bridgehead atoms. The number of sulfonamides is 1. The van der Waals surface area contributed by atoms with Gasteiger partial charge >= 0.3 is 6.03 Å². The Kier molecular flexibility index (Phi) is 5.89. The van der Waals surface area contributed by atoms with Gasteiger partial charge in [-0.05, 0) is 24.3 Å². The second-order valence-corrected chi connectivity index (χ2v) is 9.28. The van der Waals surface area contributed by atoms with E-state index >= 15 is 0 Å². The largest absolute Gasteiger partial charge is 0.322 e. The lowest BCUT2D eigenvalue weighted by Gasteiger charge is -2.40. The van der Waals surface area contributed by atoms with E-state index in [1.165, 1.54) is 4.31 Å². The normalized spacial score (nSPS) is 22.9. The molecule has 0 spiro atoms. The zero-order valence-corrected chi connectivity index (χ0v) is 16.7. The fraction of sp³-hybridized carbons (Fsp3) is 0.533. The van der Waals surface area contributed by atoms with E-state index in [-0.39, 0.29) is 24.0 Å². The molecule has 1 aromatic carbocycles. The van der Waals surface area contributed by atoms with Gasteiger partial charge < -0.3 is 15.1 Å². The zero-order chi connectivity index (χ0) is 18.0. The first-order chi connectivity index (χ1) is 11.9. The van der Waals surface area contributed by atoms with Crippen LogP contribution in [0.4, 0.5) is 4.79 Å². The second kappa shape index (κ2) is 7.79. The van der Waals surface area contributed by atoms with Gasteiger partial charge in [0.05, 0.1) is 11.4 Å². The van der Waals surface area contributed by atoms with Crippen LogP contribution in [0.2, 0.25) is 0 Å². The van der Waals surface area contributed by atoms with Crippen molar-refractivity contribution in [2.75, 3.05) is 45.8 Å². The van der Waals surface area contributed by atoms with Crippen LogP contribution in [0.1, 0.15) is 0 Å². The minimum absolute atomic E-state index is 0.0761. The molecule has 2 heterocycles. The molecular formula is C15H20BrClN4O3S. The highest BCUT2D eigenvalue weighted by Gasteiger charge is 2.37. The summed E-state index contributed by atoms with van der Waals surface area (Å²) in [6, 6.07) is 6.37. The van der Waals surface area contributed by atoms with Crippen LogP contribution in [0.25, 0.3) is 0 Å². The van der Waals surface area contributed by atoms with Crippen molar-refractivity contribution in [3.8, 4) is 0 Å². The Bertz CT molecular complexity index is 725. The maximum Gasteiger partial charge on any atom is 0.320 e. The van der Waals surface area contributed by atoms with E-state index < -0.39 is 15.5 Å². The lowest BCUT2D eigenvalue weighted by atomic mass is 10.3. The van der Waals surface area contributed by atoms with Gasteiger partial charge in [-0.15, -0.1) is 11.6 Å². The Balaban J connectivity index is 1.69. The van der Waals surface area contributed by atoms with Crippen LogP contribution in [-0.2, 0) is 10.0 Å². The van der Waals surface area contributed by atoms with E-state index in [2.05, 4.69) is 21.2 Å². The maximum atomic E-state index is 12.8. The van der Waals surface area contributed by atoms with Crippen molar-refractivity contribution in [1.82, 2.24) is 19.4 Å². The van der Waals surface area contributed by atoms with Gasteiger partial charge in [0.2, 0.25) is 10.0 Å². The van der Waals surface area contributed by atoms with Gasteiger partial charge in [0.15, 0.2) is 0 Å². The van der Waals surface area contributed by atoms with E-state index in [9.17, 15) is 13.2 Å². The van der Waals surface area contributed by atoms with E-state index in [1.54, 1.807) is 34.1 Å². The average Bonchev–Trinajstić information content (AvgIpc) is 2.62. The third kappa shape index (κ3) is 4.11. The SMILES string of the molecule is O=C(N1CCNCC1)N1CCN(S(=O)(=O)c2ccc(Br)cc2)C(Cl)C1. The number of nitrogens with zero attached hydrogens (tertiary/aromatic N) is 3. The Morgan fingerprint density at radius 3 is 2.32 bits per heavy atom. The summed E-state index contributed by atoms with van der Waals surface area (Å²) in [5.41, 5.74) is -0.783. The molecule has 1 aromatic rings. The van der Waals surface area contributed by atoms with Gasteiger partial charge in [-0.25, -0.2) is 13.2 Å². The molecule has 0 saturated carbocycles. The summed E-state index contributed by atoms with van der Waals surface area (Å²) in [5, 5.41) is 3.20. The number of rotatable bonds is 2. The first-order valence-corrected chi connectivity index (χ1v) is 10.7. The van der Waals surface area contributed by atoms with Gasteiger partial charge in [0.1, 0.15) is 5.50 Å². The van der Waals surface area contributed by atoms with E-state index in [4.69, 9.17) is 11.6 Å². The Labute approximate surface area is 161 Å². The molecule has 3 rings (SSSR count). The first kappa shape index (κ1) is 18.9. The van der Waals surface area contributed by atoms with Gasteiger partial charge in [0, 0.05) is 43.7 Å². The van der Waals surface area contributed by atoms with E-state index in [1.807, 2.05) is 0 Å². The number of nitrogens with one attached hydrogen (secondary N) is 1. The third-order valence-electron chi connectivity index (χ3n) is 4.35. The molecule has 138 valence electrons. The number of urea groups is 1. The fourth-order valence-electron chi connectivity index (χ4n) is 2.97. The quantitative estimate of drug-likeness (QED) is 0.544. The van der Waals surface area contributed by atoms with Gasteiger partial charge in [-0.1, -0.05) is 15.9 Å². The van der Waals surface area contributed by atoms with Gasteiger partial charge in [-0.3, -0.25) is 0 Å². The van der Waals surface area contributed by atoms with Crippen LogP contribution in [0.5, 0.6) is 0 Å². The topological polar surface area (TPSA) is 73.0 Å². The number of amides is 2. The summed E-state index contributed by atoms with van der Waals surface area (Å²) in [6.45, 7) is 3.56. The fourth-order valence-corrected chi connectivity index (χ4v) is 5.25. The Morgan fingerprint density at radius 1 is 1.08 bits per heavy atom. The molecule has 0 radical (unpaired) electrons. The highest BCUT2D eigenvalue weighted by atomic mass is 79.9. The van der Waals surface area contributed by atoms with Crippen molar-refractivity contribution in [2.24, 2.45) is 0 Å². The highest BCUT2D eigenvalue weighted by Crippen LogP contribution is 2.25. The first-order valence-electron chi connectivity index (χ1n) is 8.05. The molecule has 1 atom stereocenters. The molecule has 1 unspecified atom stereocenters. The summed E-state index contributed by atoms with van der Waals surface area (Å²) in [5.74, 6) is 0. The molecule has 2 amide bonds. The molecule has 2 aliphatic rings. The molecule has 0 aromatic heterocycles. The molecule has 2 fully saturated rings. The second-order valence-electron chi connectivity index (χ2n) is 5.97. The smallest absolute Gasteiger partial charge is 0.320 e. The van der Waals surface area contributed by atoms with Gasteiger partial charge in [0.25, 0.3) is 0 Å². The number of benzene rings is 1. The Morgan fingerprint density at radius 2 is 1.72 bits per heavy atom. The highest BCUT2D eigenvalue weighted by molar-refractivity contribution is 9.10. The van der Waals surface area contributed by atoms with Crippen LogP contribution in [0.15, 0.2) is 33.6 Å². The number of hydrogen-bond donors (Lipinski definition) is 1. The maximum absolute atomic E-state index is 12.8. The average molecular weight is 452 g/mol. The predicted molar refractivity (Wildman–Crippen MR) is 99.1 cm³/mol. The predicted octanol–water partition coefficient (Wildman–Crippen LogP) is 1.35. The standard InChI is InChI=1S/C15H20BrClN4O3S/c16-12-1-3-13(4-2-12)25(23,24)21-10-9-20(11-14(21)17)15(22)19-7-5-18-6-8-19/h1-4,14,18H,5-11H2. The molecule has 1 N–H and O–H groups in total. The lowest BCUT2D eigenvalue weighted by molar-refractivity contribution is 0.123. The minimum atomic E-state index is -3.68. The molecule has 2 aliphatic heterocycles. The van der Waals surface area contributed by atoms with Crippen LogP contribution in [-0.4, -0.2) is 79.9 Å². The van der Waals surface area contributed by atoms with Crippen LogP contribution < -0.4 is 5.32 Å².